The average molecular weight is 206 g/mol. The van der Waals surface area contributed by atoms with Gasteiger partial charge in [-0.05, 0) is 24.1 Å². The molecule has 0 fully saturated rings. The van der Waals surface area contributed by atoms with Crippen LogP contribution in [0.2, 0.25) is 0 Å². The Morgan fingerprint density at radius 2 is 2.07 bits per heavy atom. The van der Waals surface area contributed by atoms with Gasteiger partial charge in [0.25, 0.3) is 0 Å². The summed E-state index contributed by atoms with van der Waals surface area (Å²) >= 11 is 0. The number of hydrogen-bond donors (Lipinski definition) is 2. The van der Waals surface area contributed by atoms with Gasteiger partial charge in [0.15, 0.2) is 0 Å². The van der Waals surface area contributed by atoms with Crippen molar-refractivity contribution in [1.82, 2.24) is 9.97 Å². The molecule has 2 aromatic rings. The van der Waals surface area contributed by atoms with Crippen LogP contribution < -0.4 is 0 Å². The molecule has 3 heteroatoms. The largest absolute Gasteiger partial charge is 0.388 e. The molecule has 1 aromatic carbocycles. The number of hydrogen-bond acceptors (Lipinski definition) is 2. The van der Waals surface area contributed by atoms with Gasteiger partial charge in [-0.1, -0.05) is 26.8 Å². The van der Waals surface area contributed by atoms with E-state index >= 15 is 0 Å². The van der Waals surface area contributed by atoms with E-state index in [0.29, 0.717) is 5.82 Å². The van der Waals surface area contributed by atoms with Gasteiger partial charge >= 0.3 is 0 Å². The maximum atomic E-state index is 8.87. The van der Waals surface area contributed by atoms with E-state index in [9.17, 15) is 0 Å². The highest BCUT2D eigenvalue weighted by molar-refractivity contribution is 5.75. The Morgan fingerprint density at radius 1 is 1.33 bits per heavy atom. The van der Waals surface area contributed by atoms with Crippen molar-refractivity contribution < 1.29 is 5.11 Å². The van der Waals surface area contributed by atoms with E-state index in [-0.39, 0.29) is 6.61 Å². The highest BCUT2D eigenvalue weighted by atomic mass is 16.3. The van der Waals surface area contributed by atoms with Crippen LogP contribution in [0.1, 0.15) is 32.2 Å². The number of imidazole rings is 1. The number of aryl methyl sites for hydroxylation is 1. The summed E-state index contributed by atoms with van der Waals surface area (Å²) in [5.41, 5.74) is 3.20. The number of fused-ring (bicyclic) bond motifs is 1. The summed E-state index contributed by atoms with van der Waals surface area (Å²) in [5.74, 6) is 0.628. The standard InChI is InChI=1S/C10H12N2O.C2H6/c1-2-7-3-4-8-9(5-7)12-10(6-13)11-8;1-2/h3-5,13H,2,6H2,1H3,(H,11,12);1-2H3. The highest BCUT2D eigenvalue weighted by Gasteiger charge is 2.01. The first-order chi connectivity index (χ1) is 7.33. The summed E-state index contributed by atoms with van der Waals surface area (Å²) in [6, 6.07) is 6.11. The average Bonchev–Trinajstić information content (AvgIpc) is 2.73. The number of nitrogens with zero attached hydrogens (tertiary/aromatic N) is 1. The minimum atomic E-state index is -0.0316. The van der Waals surface area contributed by atoms with Gasteiger partial charge in [-0.2, -0.15) is 0 Å². The van der Waals surface area contributed by atoms with E-state index in [1.807, 2.05) is 19.9 Å². The van der Waals surface area contributed by atoms with E-state index in [2.05, 4.69) is 29.0 Å². The Kier molecular flexibility index (Phi) is 4.31. The predicted molar refractivity (Wildman–Crippen MR) is 62.7 cm³/mol. The van der Waals surface area contributed by atoms with Crippen molar-refractivity contribution in [2.24, 2.45) is 0 Å². The van der Waals surface area contributed by atoms with Crippen molar-refractivity contribution in [2.75, 3.05) is 0 Å². The molecule has 0 aliphatic carbocycles. The molecule has 0 aliphatic rings. The maximum absolute atomic E-state index is 8.87. The lowest BCUT2D eigenvalue weighted by Gasteiger charge is -1.93. The molecule has 0 atom stereocenters. The zero-order chi connectivity index (χ0) is 11.3. The summed E-state index contributed by atoms with van der Waals surface area (Å²) in [6.07, 6.45) is 1.02. The fourth-order valence-electron chi connectivity index (χ4n) is 1.40. The third-order valence-corrected chi connectivity index (χ3v) is 2.15. The number of aliphatic hydroxyl groups is 1. The second-order valence-corrected chi connectivity index (χ2v) is 3.05. The van der Waals surface area contributed by atoms with Crippen LogP contribution in [-0.4, -0.2) is 15.1 Å². The molecule has 1 heterocycles. The van der Waals surface area contributed by atoms with E-state index < -0.39 is 0 Å². The van der Waals surface area contributed by atoms with Gasteiger partial charge in [0.05, 0.1) is 11.0 Å². The number of benzene rings is 1. The molecule has 0 unspecified atom stereocenters. The van der Waals surface area contributed by atoms with Crippen molar-refractivity contribution in [3.8, 4) is 0 Å². The third kappa shape index (κ3) is 2.57. The highest BCUT2D eigenvalue weighted by Crippen LogP contribution is 2.13. The van der Waals surface area contributed by atoms with Crippen LogP contribution in [0.5, 0.6) is 0 Å². The minimum Gasteiger partial charge on any atom is -0.388 e. The zero-order valence-corrected chi connectivity index (χ0v) is 9.54. The molecular formula is C12H18N2O. The normalized spacial score (nSPS) is 9.87. The summed E-state index contributed by atoms with van der Waals surface area (Å²) in [6.45, 7) is 6.08. The quantitative estimate of drug-likeness (QED) is 0.793. The number of H-pyrrole nitrogens is 1. The van der Waals surface area contributed by atoms with Gasteiger partial charge in [-0.15, -0.1) is 0 Å². The second kappa shape index (κ2) is 5.51. The summed E-state index contributed by atoms with van der Waals surface area (Å²) < 4.78 is 0. The fourth-order valence-corrected chi connectivity index (χ4v) is 1.40. The first kappa shape index (κ1) is 11.7. The summed E-state index contributed by atoms with van der Waals surface area (Å²) in [5, 5.41) is 8.87. The molecule has 3 nitrogen and oxygen atoms in total. The first-order valence-electron chi connectivity index (χ1n) is 5.42. The smallest absolute Gasteiger partial charge is 0.133 e. The first-order valence-corrected chi connectivity index (χ1v) is 5.42. The number of rotatable bonds is 2. The predicted octanol–water partition coefficient (Wildman–Crippen LogP) is 2.64. The molecule has 0 saturated heterocycles. The van der Waals surface area contributed by atoms with E-state index in [1.54, 1.807) is 0 Å². The maximum Gasteiger partial charge on any atom is 0.133 e. The Hall–Kier alpha value is -1.35. The number of aromatic nitrogens is 2. The topological polar surface area (TPSA) is 48.9 Å². The Morgan fingerprint density at radius 3 is 2.67 bits per heavy atom. The lowest BCUT2D eigenvalue weighted by molar-refractivity contribution is 0.273. The molecule has 82 valence electrons. The van der Waals surface area contributed by atoms with Crippen LogP contribution in [0.3, 0.4) is 0 Å². The van der Waals surface area contributed by atoms with Crippen LogP contribution in [0.15, 0.2) is 18.2 Å². The SMILES string of the molecule is CC.CCc1ccc2nc(CO)[nH]c2c1. The van der Waals surface area contributed by atoms with Gasteiger partial charge in [0.1, 0.15) is 12.4 Å². The molecule has 0 amide bonds. The van der Waals surface area contributed by atoms with E-state index in [1.165, 1.54) is 5.56 Å². The Balaban J connectivity index is 0.000000531. The van der Waals surface area contributed by atoms with Crippen molar-refractivity contribution in [3.05, 3.63) is 29.6 Å². The third-order valence-electron chi connectivity index (χ3n) is 2.15. The molecule has 1 aromatic heterocycles. The van der Waals surface area contributed by atoms with Crippen molar-refractivity contribution in [1.29, 1.82) is 0 Å². The molecular weight excluding hydrogens is 188 g/mol. The second-order valence-electron chi connectivity index (χ2n) is 3.05. The number of aliphatic hydroxyl groups excluding tert-OH is 1. The van der Waals surface area contributed by atoms with E-state index in [4.69, 9.17) is 5.11 Å². The lowest BCUT2D eigenvalue weighted by atomic mass is 10.1. The summed E-state index contributed by atoms with van der Waals surface area (Å²) in [4.78, 5) is 7.26. The molecule has 0 spiro atoms. The molecule has 15 heavy (non-hydrogen) atoms. The number of nitrogens with one attached hydrogen (secondary N) is 1. The summed E-state index contributed by atoms with van der Waals surface area (Å²) in [7, 11) is 0. The van der Waals surface area contributed by atoms with Crippen LogP contribution in [0, 0.1) is 0 Å². The van der Waals surface area contributed by atoms with Gasteiger partial charge in [-0.3, -0.25) is 0 Å². The minimum absolute atomic E-state index is 0.0316. The molecule has 2 rings (SSSR count). The molecule has 0 aliphatic heterocycles. The van der Waals surface area contributed by atoms with Crippen molar-refractivity contribution in [2.45, 2.75) is 33.8 Å². The Bertz CT molecular complexity index is 418. The van der Waals surface area contributed by atoms with Crippen LogP contribution in [-0.2, 0) is 13.0 Å². The molecule has 0 saturated carbocycles. The fraction of sp³-hybridized carbons (Fsp3) is 0.417. The van der Waals surface area contributed by atoms with Gasteiger partial charge in [0.2, 0.25) is 0 Å². The van der Waals surface area contributed by atoms with Gasteiger partial charge in [0, 0.05) is 0 Å². The van der Waals surface area contributed by atoms with Crippen LogP contribution in [0.25, 0.3) is 11.0 Å². The monoisotopic (exact) mass is 206 g/mol. The lowest BCUT2D eigenvalue weighted by Crippen LogP contribution is -1.83. The Labute approximate surface area is 90.2 Å². The van der Waals surface area contributed by atoms with Gasteiger partial charge < -0.3 is 10.1 Å². The van der Waals surface area contributed by atoms with Crippen LogP contribution in [0.4, 0.5) is 0 Å². The zero-order valence-electron chi connectivity index (χ0n) is 9.54. The van der Waals surface area contributed by atoms with Crippen molar-refractivity contribution in [3.63, 3.8) is 0 Å². The van der Waals surface area contributed by atoms with Crippen LogP contribution >= 0.6 is 0 Å². The number of aromatic amines is 1. The van der Waals surface area contributed by atoms with E-state index in [0.717, 1.165) is 17.5 Å². The molecule has 0 bridgehead atoms. The van der Waals surface area contributed by atoms with Gasteiger partial charge in [-0.25, -0.2) is 4.98 Å². The molecule has 0 radical (unpaired) electrons. The van der Waals surface area contributed by atoms with Crippen molar-refractivity contribution >= 4 is 11.0 Å². The molecule has 2 N–H and O–H groups in total.